The minimum absolute atomic E-state index is 0.0238. The SMILES string of the molecule is COCC(=O)N(CCC(=O)OC)CCc1ccccc1. The first-order chi connectivity index (χ1) is 9.67. The van der Waals surface area contributed by atoms with Crippen molar-refractivity contribution in [2.75, 3.05) is 33.9 Å². The van der Waals surface area contributed by atoms with Crippen LogP contribution in [0, 0.1) is 0 Å². The van der Waals surface area contributed by atoms with E-state index in [1.165, 1.54) is 14.2 Å². The lowest BCUT2D eigenvalue weighted by Gasteiger charge is -2.22. The number of carbonyl (C=O) groups is 2. The molecular formula is C15H21NO4. The van der Waals surface area contributed by atoms with Crippen molar-refractivity contribution >= 4 is 11.9 Å². The van der Waals surface area contributed by atoms with Crippen molar-refractivity contribution < 1.29 is 19.1 Å². The molecule has 0 fully saturated rings. The van der Waals surface area contributed by atoms with Gasteiger partial charge in [0, 0.05) is 20.2 Å². The summed E-state index contributed by atoms with van der Waals surface area (Å²) < 4.78 is 9.46. The Balaban J connectivity index is 2.53. The fourth-order valence-corrected chi connectivity index (χ4v) is 1.81. The first-order valence-electron chi connectivity index (χ1n) is 6.54. The van der Waals surface area contributed by atoms with Crippen LogP contribution in [0.3, 0.4) is 0 Å². The summed E-state index contributed by atoms with van der Waals surface area (Å²) in [5.74, 6) is -0.438. The maximum atomic E-state index is 11.9. The van der Waals surface area contributed by atoms with Gasteiger partial charge in [-0.1, -0.05) is 30.3 Å². The Morgan fingerprint density at radius 3 is 2.40 bits per heavy atom. The predicted octanol–water partition coefficient (Wildman–Crippen LogP) is 1.27. The van der Waals surface area contributed by atoms with Crippen molar-refractivity contribution in [2.24, 2.45) is 0 Å². The molecule has 110 valence electrons. The molecule has 1 aromatic carbocycles. The van der Waals surface area contributed by atoms with Crippen molar-refractivity contribution in [1.29, 1.82) is 0 Å². The molecule has 0 spiro atoms. The lowest BCUT2D eigenvalue weighted by molar-refractivity contribution is -0.142. The Labute approximate surface area is 119 Å². The van der Waals surface area contributed by atoms with Gasteiger partial charge in [0.1, 0.15) is 6.61 Å². The average Bonchev–Trinajstić information content (AvgIpc) is 2.48. The molecule has 20 heavy (non-hydrogen) atoms. The van der Waals surface area contributed by atoms with E-state index >= 15 is 0 Å². The van der Waals surface area contributed by atoms with Gasteiger partial charge >= 0.3 is 5.97 Å². The van der Waals surface area contributed by atoms with Crippen LogP contribution in [0.25, 0.3) is 0 Å². The zero-order chi connectivity index (χ0) is 14.8. The molecule has 0 aliphatic rings. The first-order valence-corrected chi connectivity index (χ1v) is 6.54. The minimum Gasteiger partial charge on any atom is -0.469 e. The molecule has 0 saturated heterocycles. The summed E-state index contributed by atoms with van der Waals surface area (Å²) in [6.45, 7) is 0.931. The van der Waals surface area contributed by atoms with Gasteiger partial charge in [0.25, 0.3) is 0 Å². The van der Waals surface area contributed by atoms with E-state index in [9.17, 15) is 9.59 Å². The van der Waals surface area contributed by atoms with Crippen molar-refractivity contribution in [2.45, 2.75) is 12.8 Å². The zero-order valence-corrected chi connectivity index (χ0v) is 12.0. The van der Waals surface area contributed by atoms with Gasteiger partial charge in [0.05, 0.1) is 13.5 Å². The summed E-state index contributed by atoms with van der Waals surface area (Å²) in [7, 11) is 2.82. The molecule has 0 aromatic heterocycles. The second-order valence-electron chi connectivity index (χ2n) is 4.38. The number of rotatable bonds is 8. The maximum absolute atomic E-state index is 11.9. The number of hydrogen-bond donors (Lipinski definition) is 0. The molecule has 1 aromatic rings. The lowest BCUT2D eigenvalue weighted by atomic mass is 10.1. The first kappa shape index (κ1) is 16.2. The van der Waals surface area contributed by atoms with Crippen LogP contribution in [0.1, 0.15) is 12.0 Å². The van der Waals surface area contributed by atoms with Crippen LogP contribution in [0.4, 0.5) is 0 Å². The van der Waals surface area contributed by atoms with Crippen LogP contribution in [-0.2, 0) is 25.5 Å². The van der Waals surface area contributed by atoms with Gasteiger partial charge in [-0.05, 0) is 12.0 Å². The number of methoxy groups -OCH3 is 2. The van der Waals surface area contributed by atoms with Crippen LogP contribution in [0.15, 0.2) is 30.3 Å². The van der Waals surface area contributed by atoms with E-state index in [-0.39, 0.29) is 24.9 Å². The summed E-state index contributed by atoms with van der Waals surface area (Å²) in [5, 5.41) is 0. The van der Waals surface area contributed by atoms with E-state index < -0.39 is 0 Å². The van der Waals surface area contributed by atoms with Gasteiger partial charge in [-0.25, -0.2) is 0 Å². The largest absolute Gasteiger partial charge is 0.469 e. The predicted molar refractivity (Wildman–Crippen MR) is 75.2 cm³/mol. The van der Waals surface area contributed by atoms with Gasteiger partial charge in [0.2, 0.25) is 5.91 Å². The Kier molecular flexibility index (Phi) is 7.35. The van der Waals surface area contributed by atoms with Crippen LogP contribution in [0.2, 0.25) is 0 Å². The van der Waals surface area contributed by atoms with Crippen LogP contribution < -0.4 is 0 Å². The minimum atomic E-state index is -0.320. The Bertz CT molecular complexity index is 419. The molecule has 0 aliphatic heterocycles. The second-order valence-corrected chi connectivity index (χ2v) is 4.38. The average molecular weight is 279 g/mol. The maximum Gasteiger partial charge on any atom is 0.307 e. The fraction of sp³-hybridized carbons (Fsp3) is 0.467. The molecule has 0 radical (unpaired) electrons. The van der Waals surface area contributed by atoms with Crippen molar-refractivity contribution in [3.05, 3.63) is 35.9 Å². The fourth-order valence-electron chi connectivity index (χ4n) is 1.81. The summed E-state index contributed by atoms with van der Waals surface area (Å²) in [6, 6.07) is 9.91. The second kappa shape index (κ2) is 9.09. The van der Waals surface area contributed by atoms with Crippen LogP contribution in [-0.4, -0.2) is 50.7 Å². The number of carbonyl (C=O) groups excluding carboxylic acids is 2. The highest BCUT2D eigenvalue weighted by molar-refractivity contribution is 5.78. The summed E-state index contributed by atoms with van der Waals surface area (Å²) in [5.41, 5.74) is 1.15. The van der Waals surface area contributed by atoms with E-state index in [4.69, 9.17) is 4.74 Å². The summed E-state index contributed by atoms with van der Waals surface area (Å²) in [6.07, 6.45) is 0.943. The number of esters is 1. The number of ether oxygens (including phenoxy) is 2. The van der Waals surface area contributed by atoms with Gasteiger partial charge in [-0.15, -0.1) is 0 Å². The van der Waals surface area contributed by atoms with Crippen molar-refractivity contribution in [1.82, 2.24) is 4.90 Å². The quantitative estimate of drug-likeness (QED) is 0.672. The smallest absolute Gasteiger partial charge is 0.307 e. The lowest BCUT2D eigenvalue weighted by Crippen LogP contribution is -2.37. The van der Waals surface area contributed by atoms with E-state index in [0.717, 1.165) is 12.0 Å². The van der Waals surface area contributed by atoms with Crippen LogP contribution in [0.5, 0.6) is 0 Å². The topological polar surface area (TPSA) is 55.8 Å². The number of nitrogens with zero attached hydrogens (tertiary/aromatic N) is 1. The van der Waals surface area contributed by atoms with E-state index in [1.807, 2.05) is 30.3 Å². The highest BCUT2D eigenvalue weighted by Gasteiger charge is 2.14. The molecule has 0 aliphatic carbocycles. The van der Waals surface area contributed by atoms with Gasteiger partial charge in [-0.3, -0.25) is 9.59 Å². The molecule has 1 amide bonds. The Morgan fingerprint density at radius 1 is 1.10 bits per heavy atom. The third-order valence-electron chi connectivity index (χ3n) is 2.95. The van der Waals surface area contributed by atoms with Crippen LogP contribution >= 0.6 is 0 Å². The van der Waals surface area contributed by atoms with E-state index in [0.29, 0.717) is 13.1 Å². The molecule has 0 atom stereocenters. The monoisotopic (exact) mass is 279 g/mol. The van der Waals surface area contributed by atoms with Gasteiger partial charge < -0.3 is 14.4 Å². The molecule has 0 heterocycles. The summed E-state index contributed by atoms with van der Waals surface area (Å²) >= 11 is 0. The van der Waals surface area contributed by atoms with Crippen molar-refractivity contribution in [3.8, 4) is 0 Å². The molecule has 0 N–H and O–H groups in total. The highest BCUT2D eigenvalue weighted by Crippen LogP contribution is 2.03. The highest BCUT2D eigenvalue weighted by atomic mass is 16.5. The molecule has 0 bridgehead atoms. The normalized spacial score (nSPS) is 10.1. The molecular weight excluding hydrogens is 258 g/mol. The van der Waals surface area contributed by atoms with E-state index in [1.54, 1.807) is 4.90 Å². The molecule has 5 nitrogen and oxygen atoms in total. The standard InChI is InChI=1S/C15H21NO4/c1-19-12-14(17)16(11-9-15(18)20-2)10-8-13-6-4-3-5-7-13/h3-7H,8-12H2,1-2H3. The Morgan fingerprint density at radius 2 is 1.80 bits per heavy atom. The van der Waals surface area contributed by atoms with Crippen molar-refractivity contribution in [3.63, 3.8) is 0 Å². The number of benzene rings is 1. The van der Waals surface area contributed by atoms with E-state index in [2.05, 4.69) is 4.74 Å². The molecule has 1 rings (SSSR count). The third-order valence-corrected chi connectivity index (χ3v) is 2.95. The molecule has 0 unspecified atom stereocenters. The summed E-state index contributed by atoms with van der Waals surface area (Å²) in [4.78, 5) is 24.7. The molecule has 5 heteroatoms. The Hall–Kier alpha value is -1.88. The molecule has 0 saturated carbocycles. The van der Waals surface area contributed by atoms with Gasteiger partial charge in [-0.2, -0.15) is 0 Å². The van der Waals surface area contributed by atoms with Gasteiger partial charge in [0.15, 0.2) is 0 Å². The third kappa shape index (κ3) is 5.84. The zero-order valence-electron chi connectivity index (χ0n) is 12.0. The number of hydrogen-bond acceptors (Lipinski definition) is 4. The number of amides is 1.